The Labute approximate surface area is 212 Å². The van der Waals surface area contributed by atoms with E-state index in [-0.39, 0.29) is 5.75 Å². The number of fused-ring (bicyclic) bond motifs is 4. The van der Waals surface area contributed by atoms with Crippen LogP contribution in [0.15, 0.2) is 78.9 Å². The van der Waals surface area contributed by atoms with E-state index in [1.165, 1.54) is 44.8 Å². The molecule has 1 N–H and O–H groups in total. The maximum atomic E-state index is 10.4. The summed E-state index contributed by atoms with van der Waals surface area (Å²) in [6, 6.07) is 27.3. The van der Waals surface area contributed by atoms with Gasteiger partial charge in [0, 0.05) is 27.8 Å². The van der Waals surface area contributed by atoms with Crippen LogP contribution in [-0.2, 0) is 12.8 Å². The molecule has 6 rings (SSSR count). The van der Waals surface area contributed by atoms with Crippen LogP contribution < -0.4 is 4.74 Å². The minimum absolute atomic E-state index is 0.281. The zero-order chi connectivity index (χ0) is 25.0. The number of nitrogens with zero attached hydrogens (tertiary/aromatic N) is 1. The van der Waals surface area contributed by atoms with E-state index in [4.69, 9.17) is 4.74 Å². The van der Waals surface area contributed by atoms with Crippen molar-refractivity contribution in [3.63, 3.8) is 0 Å². The van der Waals surface area contributed by atoms with Crippen molar-refractivity contribution < 1.29 is 9.84 Å². The molecule has 0 bridgehead atoms. The molecular formula is C33H31NO2. The van der Waals surface area contributed by atoms with Gasteiger partial charge in [0.2, 0.25) is 0 Å². The van der Waals surface area contributed by atoms with Gasteiger partial charge < -0.3 is 14.4 Å². The molecule has 4 aromatic carbocycles. The Hall–Kier alpha value is -3.98. The van der Waals surface area contributed by atoms with Crippen molar-refractivity contribution in [1.29, 1.82) is 0 Å². The number of aromatic hydroxyl groups is 1. The number of benzene rings is 4. The molecule has 3 heteroatoms. The van der Waals surface area contributed by atoms with Crippen molar-refractivity contribution in [3.8, 4) is 39.6 Å². The molecule has 0 atom stereocenters. The van der Waals surface area contributed by atoms with Crippen molar-refractivity contribution in [2.75, 3.05) is 7.11 Å². The Morgan fingerprint density at radius 2 is 1.58 bits per heavy atom. The van der Waals surface area contributed by atoms with Crippen molar-refractivity contribution >= 4 is 10.8 Å². The van der Waals surface area contributed by atoms with Crippen LogP contribution in [0, 0.1) is 6.92 Å². The van der Waals surface area contributed by atoms with Crippen LogP contribution in [0.5, 0.6) is 11.5 Å². The second-order valence-corrected chi connectivity index (χ2v) is 10.0. The third kappa shape index (κ3) is 3.34. The lowest BCUT2D eigenvalue weighted by molar-refractivity contribution is 0.409. The molecule has 0 saturated carbocycles. The van der Waals surface area contributed by atoms with E-state index < -0.39 is 0 Å². The van der Waals surface area contributed by atoms with E-state index in [0.29, 0.717) is 5.92 Å². The first kappa shape index (κ1) is 22.5. The highest BCUT2D eigenvalue weighted by atomic mass is 16.5. The minimum Gasteiger partial charge on any atom is -0.508 e. The summed E-state index contributed by atoms with van der Waals surface area (Å²) in [6.07, 6.45) is 1.92. The number of methoxy groups -OCH3 is 1. The van der Waals surface area contributed by atoms with Gasteiger partial charge in [-0.3, -0.25) is 0 Å². The Kier molecular flexibility index (Phi) is 5.37. The predicted octanol–water partition coefficient (Wildman–Crippen LogP) is 8.21. The van der Waals surface area contributed by atoms with Gasteiger partial charge in [0.1, 0.15) is 11.5 Å². The van der Waals surface area contributed by atoms with Gasteiger partial charge in [-0.25, -0.2) is 0 Å². The van der Waals surface area contributed by atoms with E-state index in [2.05, 4.69) is 86.0 Å². The maximum Gasteiger partial charge on any atom is 0.122 e. The molecule has 0 unspecified atom stereocenters. The number of hydrogen-bond donors (Lipinski definition) is 1. The molecule has 0 aliphatic heterocycles. The third-order valence-electron chi connectivity index (χ3n) is 7.70. The monoisotopic (exact) mass is 473 g/mol. The van der Waals surface area contributed by atoms with Crippen LogP contribution in [-0.4, -0.2) is 16.8 Å². The van der Waals surface area contributed by atoms with E-state index in [9.17, 15) is 5.11 Å². The van der Waals surface area contributed by atoms with Gasteiger partial charge in [0.25, 0.3) is 0 Å². The standard InChI is InChI=1S/C33H31NO2/c1-20(2)24-10-5-6-11-28(24)33-32-25(17-18-26-27(32)12-8-14-31(26)36-4)21(3)34(33)30-13-7-9-22-15-16-23(35)19-29(22)30/h5-16,19-20,35H,17-18H2,1-4H3. The summed E-state index contributed by atoms with van der Waals surface area (Å²) in [7, 11) is 1.76. The minimum atomic E-state index is 0.281. The quantitative estimate of drug-likeness (QED) is 0.285. The summed E-state index contributed by atoms with van der Waals surface area (Å²) in [5.74, 6) is 1.62. The summed E-state index contributed by atoms with van der Waals surface area (Å²) in [4.78, 5) is 0. The highest BCUT2D eigenvalue weighted by Gasteiger charge is 2.30. The first-order valence-electron chi connectivity index (χ1n) is 12.7. The molecule has 1 heterocycles. The Morgan fingerprint density at radius 1 is 0.833 bits per heavy atom. The lowest BCUT2D eigenvalue weighted by atomic mass is 9.83. The van der Waals surface area contributed by atoms with Crippen molar-refractivity contribution in [3.05, 3.63) is 101 Å². The molecule has 180 valence electrons. The van der Waals surface area contributed by atoms with Gasteiger partial charge in [0.05, 0.1) is 18.5 Å². The molecular weight excluding hydrogens is 442 g/mol. The maximum absolute atomic E-state index is 10.4. The normalized spacial score (nSPS) is 12.6. The highest BCUT2D eigenvalue weighted by molar-refractivity contribution is 5.96. The summed E-state index contributed by atoms with van der Waals surface area (Å²) < 4.78 is 8.23. The van der Waals surface area contributed by atoms with Crippen LogP contribution in [0.3, 0.4) is 0 Å². The molecule has 0 radical (unpaired) electrons. The lowest BCUT2D eigenvalue weighted by Crippen LogP contribution is -2.05. The van der Waals surface area contributed by atoms with Crippen LogP contribution in [0.2, 0.25) is 0 Å². The van der Waals surface area contributed by atoms with E-state index in [0.717, 1.165) is 35.1 Å². The van der Waals surface area contributed by atoms with Crippen molar-refractivity contribution in [2.24, 2.45) is 0 Å². The number of phenolic OH excluding ortho intramolecular Hbond substituents is 1. The molecule has 36 heavy (non-hydrogen) atoms. The average molecular weight is 474 g/mol. The molecule has 3 nitrogen and oxygen atoms in total. The zero-order valence-electron chi connectivity index (χ0n) is 21.3. The first-order chi connectivity index (χ1) is 17.5. The Balaban J connectivity index is 1.78. The number of rotatable bonds is 4. The van der Waals surface area contributed by atoms with Gasteiger partial charge in [-0.2, -0.15) is 0 Å². The summed E-state index contributed by atoms with van der Waals surface area (Å²) >= 11 is 0. The number of aromatic nitrogens is 1. The zero-order valence-corrected chi connectivity index (χ0v) is 21.3. The SMILES string of the molecule is COc1cccc2c1CCc1c-2c(-c2ccccc2C(C)C)n(-c2cccc3ccc(O)cc23)c1C. The average Bonchev–Trinajstić information content (AvgIpc) is 3.20. The van der Waals surface area contributed by atoms with Gasteiger partial charge >= 0.3 is 0 Å². The fraction of sp³-hybridized carbons (Fsp3) is 0.212. The Bertz CT molecular complexity index is 1620. The molecule has 0 saturated heterocycles. The first-order valence-corrected chi connectivity index (χ1v) is 12.7. The van der Waals surface area contributed by atoms with E-state index >= 15 is 0 Å². The molecule has 0 spiro atoms. The van der Waals surface area contributed by atoms with Gasteiger partial charge in [-0.15, -0.1) is 0 Å². The van der Waals surface area contributed by atoms with Gasteiger partial charge in [-0.05, 0) is 72.0 Å². The molecule has 1 aliphatic carbocycles. The van der Waals surface area contributed by atoms with Crippen molar-refractivity contribution in [1.82, 2.24) is 4.57 Å². The van der Waals surface area contributed by atoms with Crippen LogP contribution in [0.25, 0.3) is 38.8 Å². The number of hydrogen-bond acceptors (Lipinski definition) is 2. The number of phenols is 1. The van der Waals surface area contributed by atoms with E-state index in [1.54, 1.807) is 13.2 Å². The van der Waals surface area contributed by atoms with Gasteiger partial charge in [-0.1, -0.05) is 68.4 Å². The second kappa shape index (κ2) is 8.60. The van der Waals surface area contributed by atoms with E-state index in [1.807, 2.05) is 12.1 Å². The fourth-order valence-electron chi connectivity index (χ4n) is 6.04. The molecule has 0 amide bonds. The van der Waals surface area contributed by atoms with Crippen LogP contribution in [0.1, 0.15) is 42.1 Å². The molecule has 1 aromatic heterocycles. The smallest absolute Gasteiger partial charge is 0.122 e. The third-order valence-corrected chi connectivity index (χ3v) is 7.70. The van der Waals surface area contributed by atoms with Crippen molar-refractivity contribution in [2.45, 2.75) is 39.5 Å². The molecule has 0 fully saturated rings. The Morgan fingerprint density at radius 3 is 2.39 bits per heavy atom. The fourth-order valence-corrected chi connectivity index (χ4v) is 6.04. The highest BCUT2D eigenvalue weighted by Crippen LogP contribution is 2.49. The topological polar surface area (TPSA) is 34.4 Å². The molecule has 1 aliphatic rings. The summed E-state index contributed by atoms with van der Waals surface area (Å²) in [6.45, 7) is 6.77. The number of ether oxygens (including phenoxy) is 1. The lowest BCUT2D eigenvalue weighted by Gasteiger charge is -2.22. The largest absolute Gasteiger partial charge is 0.508 e. The van der Waals surface area contributed by atoms with Crippen LogP contribution in [0.4, 0.5) is 0 Å². The summed E-state index contributed by atoms with van der Waals surface area (Å²) in [5.41, 5.74) is 11.4. The van der Waals surface area contributed by atoms with Crippen LogP contribution >= 0.6 is 0 Å². The molecule has 5 aromatic rings. The predicted molar refractivity (Wildman–Crippen MR) is 149 cm³/mol. The second-order valence-electron chi connectivity index (χ2n) is 10.0. The van der Waals surface area contributed by atoms with Gasteiger partial charge in [0.15, 0.2) is 0 Å². The summed E-state index contributed by atoms with van der Waals surface area (Å²) in [5, 5.41) is 12.6.